The third-order valence-corrected chi connectivity index (χ3v) is 2.29. The van der Waals surface area contributed by atoms with E-state index in [0.717, 1.165) is 19.4 Å². The van der Waals surface area contributed by atoms with Gasteiger partial charge in [0, 0.05) is 26.0 Å². The van der Waals surface area contributed by atoms with Crippen LogP contribution in [0.25, 0.3) is 0 Å². The molecule has 0 unspecified atom stereocenters. The van der Waals surface area contributed by atoms with Gasteiger partial charge in [-0.2, -0.15) is 5.10 Å². The molecule has 0 spiro atoms. The van der Waals surface area contributed by atoms with Crippen LogP contribution in [-0.4, -0.2) is 46.6 Å². The number of carbonyl (C=O) groups excluding carboxylic acids is 1. The van der Waals surface area contributed by atoms with Gasteiger partial charge in [0.25, 0.3) is 0 Å². The zero-order valence-corrected chi connectivity index (χ0v) is 11.5. The van der Waals surface area contributed by atoms with Crippen molar-refractivity contribution in [3.63, 3.8) is 0 Å². The second kappa shape index (κ2) is 8.92. The van der Waals surface area contributed by atoms with Gasteiger partial charge < -0.3 is 20.5 Å². The van der Waals surface area contributed by atoms with Crippen molar-refractivity contribution >= 4 is 17.7 Å². The van der Waals surface area contributed by atoms with Gasteiger partial charge >= 0.3 is 12.0 Å². The maximum Gasteiger partial charge on any atom is 0.325 e. The fraction of sp³-hybridized carbons (Fsp3) is 0.583. The van der Waals surface area contributed by atoms with Crippen molar-refractivity contribution < 1.29 is 19.4 Å². The average Bonchev–Trinajstić information content (AvgIpc) is 2.80. The molecule has 1 aromatic heterocycles. The lowest BCUT2D eigenvalue weighted by Gasteiger charge is -2.06. The third-order valence-electron chi connectivity index (χ3n) is 2.29. The fourth-order valence-corrected chi connectivity index (χ4v) is 1.45. The summed E-state index contributed by atoms with van der Waals surface area (Å²) in [6, 6.07) is -0.352. The highest BCUT2D eigenvalue weighted by Gasteiger charge is 2.05. The first kappa shape index (κ1) is 16.0. The molecule has 0 bridgehead atoms. The molecule has 0 aliphatic carbocycles. The van der Waals surface area contributed by atoms with Gasteiger partial charge in [-0.15, -0.1) is 0 Å². The van der Waals surface area contributed by atoms with E-state index in [1.54, 1.807) is 0 Å². The first-order valence-corrected chi connectivity index (χ1v) is 6.48. The fourth-order valence-electron chi connectivity index (χ4n) is 1.45. The number of amides is 2. The topological polar surface area (TPSA) is 105 Å². The van der Waals surface area contributed by atoms with Crippen molar-refractivity contribution in [1.29, 1.82) is 0 Å². The van der Waals surface area contributed by atoms with Crippen molar-refractivity contribution in [3.8, 4) is 0 Å². The predicted molar refractivity (Wildman–Crippen MR) is 72.6 cm³/mol. The highest BCUT2D eigenvalue weighted by Crippen LogP contribution is 2.04. The molecule has 0 fully saturated rings. The summed E-state index contributed by atoms with van der Waals surface area (Å²) in [5.41, 5.74) is 0.450. The first-order valence-electron chi connectivity index (χ1n) is 6.48. The van der Waals surface area contributed by atoms with Crippen LogP contribution in [0.2, 0.25) is 0 Å². The van der Waals surface area contributed by atoms with Gasteiger partial charge in [-0.25, -0.2) is 4.79 Å². The molecular formula is C12H20N4O4. The Morgan fingerprint density at radius 2 is 2.25 bits per heavy atom. The van der Waals surface area contributed by atoms with Crippen molar-refractivity contribution in [3.05, 3.63) is 12.4 Å². The lowest BCUT2D eigenvalue weighted by Crippen LogP contribution is -2.30. The summed E-state index contributed by atoms with van der Waals surface area (Å²) >= 11 is 0. The molecule has 3 N–H and O–H groups in total. The summed E-state index contributed by atoms with van der Waals surface area (Å²) in [7, 11) is 0. The molecule has 0 saturated heterocycles. The lowest BCUT2D eigenvalue weighted by atomic mass is 10.4. The molecule has 2 amide bonds. The summed E-state index contributed by atoms with van der Waals surface area (Å²) in [6.07, 6.45) is 4.57. The minimum Gasteiger partial charge on any atom is -0.480 e. The minimum atomic E-state index is -0.990. The Morgan fingerprint density at radius 1 is 1.45 bits per heavy atom. The largest absolute Gasteiger partial charge is 0.480 e. The molecule has 8 heteroatoms. The zero-order chi connectivity index (χ0) is 14.8. The molecule has 1 rings (SSSR count). The minimum absolute atomic E-state index is 0.238. The molecule has 0 atom stereocenters. The molecule has 0 aliphatic rings. The van der Waals surface area contributed by atoms with E-state index in [0.29, 0.717) is 18.8 Å². The molecule has 112 valence electrons. The quantitative estimate of drug-likeness (QED) is 0.584. The van der Waals surface area contributed by atoms with Gasteiger partial charge in [0.05, 0.1) is 11.9 Å². The second-order valence-electron chi connectivity index (χ2n) is 4.17. The Bertz CT molecular complexity index is 433. The standard InChI is InChI=1S/C12H20N4O4/c1-2-5-20-6-3-4-13-12(19)15-10-7-14-16(8-10)9-11(17)18/h7-8H,2-6,9H2,1H3,(H,17,18)(H2,13,15,19). The molecule has 20 heavy (non-hydrogen) atoms. The number of nitrogens with one attached hydrogen (secondary N) is 2. The van der Waals surface area contributed by atoms with Gasteiger partial charge in [0.2, 0.25) is 0 Å². The number of rotatable bonds is 9. The van der Waals surface area contributed by atoms with Gasteiger partial charge in [-0.1, -0.05) is 6.92 Å². The van der Waals surface area contributed by atoms with E-state index in [-0.39, 0.29) is 12.6 Å². The van der Waals surface area contributed by atoms with Crippen LogP contribution in [0.15, 0.2) is 12.4 Å². The van der Waals surface area contributed by atoms with Crippen LogP contribution in [0.4, 0.5) is 10.5 Å². The van der Waals surface area contributed by atoms with Crippen LogP contribution in [0.5, 0.6) is 0 Å². The first-order chi connectivity index (χ1) is 9.61. The van der Waals surface area contributed by atoms with Crippen LogP contribution < -0.4 is 10.6 Å². The summed E-state index contributed by atoms with van der Waals surface area (Å²) in [4.78, 5) is 22.0. The zero-order valence-electron chi connectivity index (χ0n) is 11.5. The Morgan fingerprint density at radius 3 is 2.95 bits per heavy atom. The monoisotopic (exact) mass is 284 g/mol. The Kier molecular flexibility index (Phi) is 7.12. The van der Waals surface area contributed by atoms with Gasteiger partial charge in [-0.3, -0.25) is 9.48 Å². The van der Waals surface area contributed by atoms with E-state index < -0.39 is 5.97 Å². The third kappa shape index (κ3) is 6.74. The smallest absolute Gasteiger partial charge is 0.325 e. The predicted octanol–water partition coefficient (Wildman–Crippen LogP) is 0.906. The van der Waals surface area contributed by atoms with Crippen LogP contribution in [0.3, 0.4) is 0 Å². The SMILES string of the molecule is CCCOCCCNC(=O)Nc1cnn(CC(=O)O)c1. The molecular weight excluding hydrogens is 264 g/mol. The number of carboxylic acids is 1. The van der Waals surface area contributed by atoms with E-state index in [2.05, 4.69) is 15.7 Å². The van der Waals surface area contributed by atoms with Crippen molar-refractivity contribution in [2.75, 3.05) is 25.1 Å². The summed E-state index contributed by atoms with van der Waals surface area (Å²) in [5.74, 6) is -0.990. The van der Waals surface area contributed by atoms with Gasteiger partial charge in [0.15, 0.2) is 0 Å². The Labute approximate surface area is 117 Å². The number of carbonyl (C=O) groups is 2. The van der Waals surface area contributed by atoms with E-state index in [4.69, 9.17) is 9.84 Å². The summed E-state index contributed by atoms with van der Waals surface area (Å²) < 4.78 is 6.52. The Balaban J connectivity index is 2.18. The van der Waals surface area contributed by atoms with Crippen molar-refractivity contribution in [2.45, 2.75) is 26.3 Å². The van der Waals surface area contributed by atoms with E-state index >= 15 is 0 Å². The van der Waals surface area contributed by atoms with Gasteiger partial charge in [-0.05, 0) is 12.8 Å². The molecule has 0 aliphatic heterocycles. The molecule has 0 radical (unpaired) electrons. The van der Waals surface area contributed by atoms with Crippen molar-refractivity contribution in [2.24, 2.45) is 0 Å². The molecule has 0 aromatic carbocycles. The van der Waals surface area contributed by atoms with Crippen molar-refractivity contribution in [1.82, 2.24) is 15.1 Å². The summed E-state index contributed by atoms with van der Waals surface area (Å²) in [6.45, 7) is 3.66. The Hall–Kier alpha value is -2.09. The number of ether oxygens (including phenoxy) is 1. The van der Waals surface area contributed by atoms with E-state index in [1.807, 2.05) is 6.92 Å². The van der Waals surface area contributed by atoms with E-state index in [9.17, 15) is 9.59 Å². The summed E-state index contributed by atoms with van der Waals surface area (Å²) in [5, 5.41) is 17.6. The van der Waals surface area contributed by atoms with Crippen LogP contribution in [-0.2, 0) is 16.1 Å². The molecule has 0 saturated carbocycles. The number of hydrogen-bond acceptors (Lipinski definition) is 4. The normalized spacial score (nSPS) is 10.2. The average molecular weight is 284 g/mol. The van der Waals surface area contributed by atoms with Crippen LogP contribution in [0.1, 0.15) is 19.8 Å². The lowest BCUT2D eigenvalue weighted by molar-refractivity contribution is -0.137. The number of anilines is 1. The highest BCUT2D eigenvalue weighted by molar-refractivity contribution is 5.88. The number of aromatic nitrogens is 2. The molecule has 1 heterocycles. The highest BCUT2D eigenvalue weighted by atomic mass is 16.5. The number of carboxylic acid groups (broad SMARTS) is 1. The second-order valence-corrected chi connectivity index (χ2v) is 4.17. The number of aliphatic carboxylic acids is 1. The molecule has 8 nitrogen and oxygen atoms in total. The molecule has 1 aromatic rings. The maximum atomic E-state index is 11.5. The van der Waals surface area contributed by atoms with E-state index in [1.165, 1.54) is 17.1 Å². The van der Waals surface area contributed by atoms with Gasteiger partial charge in [0.1, 0.15) is 6.54 Å². The maximum absolute atomic E-state index is 11.5. The number of nitrogens with zero attached hydrogens (tertiary/aromatic N) is 2. The van der Waals surface area contributed by atoms with Crippen LogP contribution >= 0.6 is 0 Å². The van der Waals surface area contributed by atoms with Crippen LogP contribution in [0, 0.1) is 0 Å². The number of hydrogen-bond donors (Lipinski definition) is 3. The number of urea groups is 1.